The van der Waals surface area contributed by atoms with Crippen molar-refractivity contribution in [2.24, 2.45) is 0 Å². The molecule has 0 saturated carbocycles. The Morgan fingerprint density at radius 1 is 1.00 bits per heavy atom. The first-order chi connectivity index (χ1) is 15.8. The summed E-state index contributed by atoms with van der Waals surface area (Å²) in [6, 6.07) is 8.72. The van der Waals surface area contributed by atoms with E-state index in [0.29, 0.717) is 49.1 Å². The Kier molecular flexibility index (Phi) is 5.49. The molecule has 3 aliphatic rings. The number of nitrogens with zero attached hydrogens (tertiary/aromatic N) is 2. The van der Waals surface area contributed by atoms with Crippen LogP contribution in [-0.2, 0) is 21.2 Å². The van der Waals surface area contributed by atoms with Crippen molar-refractivity contribution in [1.29, 1.82) is 0 Å². The molecule has 5 rings (SSSR count). The topological polar surface area (TPSA) is 85.4 Å². The second kappa shape index (κ2) is 8.35. The highest BCUT2D eigenvalue weighted by atomic mass is 32.2. The summed E-state index contributed by atoms with van der Waals surface area (Å²) in [5.74, 6) is 0.828. The van der Waals surface area contributed by atoms with Crippen LogP contribution < -0.4 is 14.2 Å². The molecule has 33 heavy (non-hydrogen) atoms. The second-order valence-electron chi connectivity index (χ2n) is 8.17. The van der Waals surface area contributed by atoms with Gasteiger partial charge in [0.1, 0.15) is 24.8 Å². The van der Waals surface area contributed by atoms with E-state index in [1.54, 1.807) is 11.0 Å². The largest absolute Gasteiger partial charge is 0.496 e. The summed E-state index contributed by atoms with van der Waals surface area (Å²) in [6.07, 6.45) is 0.0146. The molecule has 0 spiro atoms. The summed E-state index contributed by atoms with van der Waals surface area (Å²) >= 11 is 0. The van der Waals surface area contributed by atoms with Gasteiger partial charge in [0.25, 0.3) is 0 Å². The molecule has 0 aliphatic carbocycles. The number of sulfonamides is 1. The first kappa shape index (κ1) is 21.7. The van der Waals surface area contributed by atoms with Gasteiger partial charge in [0.05, 0.1) is 18.4 Å². The third-order valence-electron chi connectivity index (χ3n) is 6.09. The van der Waals surface area contributed by atoms with Crippen LogP contribution in [0.3, 0.4) is 0 Å². The average Bonchev–Trinajstić information content (AvgIpc) is 3.39. The molecule has 0 atom stereocenters. The van der Waals surface area contributed by atoms with Crippen LogP contribution >= 0.6 is 0 Å². The smallest absolute Gasteiger partial charge is 0.243 e. The normalized spacial score (nSPS) is 17.9. The van der Waals surface area contributed by atoms with Crippen molar-refractivity contribution in [2.45, 2.75) is 11.3 Å². The highest BCUT2D eigenvalue weighted by Gasteiger charge is 2.38. The molecule has 2 aromatic carbocycles. The van der Waals surface area contributed by atoms with Crippen molar-refractivity contribution >= 4 is 15.9 Å². The SMILES string of the molecule is COc1ccc(F)cc1CC(=O)N1CC2=C(C1)CN(S(=O)(=O)c1ccc3c(c1)OCCO3)C2. The predicted molar refractivity (Wildman–Crippen MR) is 116 cm³/mol. The number of hydrogen-bond acceptors (Lipinski definition) is 6. The molecule has 0 aromatic heterocycles. The zero-order valence-electron chi connectivity index (χ0n) is 18.0. The van der Waals surface area contributed by atoms with E-state index in [-0.39, 0.29) is 30.3 Å². The van der Waals surface area contributed by atoms with Gasteiger partial charge in [-0.3, -0.25) is 4.79 Å². The zero-order chi connectivity index (χ0) is 23.2. The third-order valence-corrected chi connectivity index (χ3v) is 7.87. The molecule has 1 amide bonds. The van der Waals surface area contributed by atoms with Gasteiger partial charge in [-0.25, -0.2) is 12.8 Å². The van der Waals surface area contributed by atoms with Crippen molar-refractivity contribution in [3.8, 4) is 17.2 Å². The van der Waals surface area contributed by atoms with Gasteiger partial charge in [0, 0.05) is 37.8 Å². The molecule has 0 bridgehead atoms. The Labute approximate surface area is 191 Å². The predicted octanol–water partition coefficient (Wildman–Crippen LogP) is 1.99. The number of carbonyl (C=O) groups is 1. The molecule has 174 valence electrons. The molecule has 0 saturated heterocycles. The van der Waals surface area contributed by atoms with E-state index < -0.39 is 15.8 Å². The van der Waals surface area contributed by atoms with E-state index in [4.69, 9.17) is 14.2 Å². The monoisotopic (exact) mass is 474 g/mol. The molecule has 0 fully saturated rings. The fourth-order valence-electron chi connectivity index (χ4n) is 4.39. The number of carbonyl (C=O) groups excluding carboxylic acids is 1. The van der Waals surface area contributed by atoms with Crippen LogP contribution in [-0.4, -0.2) is 70.0 Å². The van der Waals surface area contributed by atoms with Gasteiger partial charge in [-0.05, 0) is 41.5 Å². The lowest BCUT2D eigenvalue weighted by atomic mass is 10.1. The van der Waals surface area contributed by atoms with Crippen molar-refractivity contribution in [3.05, 3.63) is 58.9 Å². The number of hydrogen-bond donors (Lipinski definition) is 0. The summed E-state index contributed by atoms with van der Waals surface area (Å²) in [4.78, 5) is 14.6. The van der Waals surface area contributed by atoms with E-state index in [1.807, 2.05) is 0 Å². The summed E-state index contributed by atoms with van der Waals surface area (Å²) in [6.45, 7) is 2.00. The van der Waals surface area contributed by atoms with Gasteiger partial charge in [-0.15, -0.1) is 0 Å². The number of methoxy groups -OCH3 is 1. The number of fused-ring (bicyclic) bond motifs is 1. The number of halogens is 1. The molecule has 10 heteroatoms. The minimum atomic E-state index is -3.72. The Balaban J connectivity index is 1.24. The molecule has 0 radical (unpaired) electrons. The van der Waals surface area contributed by atoms with E-state index >= 15 is 0 Å². The van der Waals surface area contributed by atoms with Gasteiger partial charge in [-0.2, -0.15) is 4.31 Å². The Morgan fingerprint density at radius 2 is 1.70 bits per heavy atom. The number of rotatable bonds is 5. The lowest BCUT2D eigenvalue weighted by Gasteiger charge is -2.24. The summed E-state index contributed by atoms with van der Waals surface area (Å²) in [5, 5.41) is 0. The van der Waals surface area contributed by atoms with E-state index in [2.05, 4.69) is 0 Å². The molecule has 2 aromatic rings. The first-order valence-corrected chi connectivity index (χ1v) is 12.0. The van der Waals surface area contributed by atoms with Crippen molar-refractivity contribution in [2.75, 3.05) is 46.5 Å². The van der Waals surface area contributed by atoms with Crippen molar-refractivity contribution in [1.82, 2.24) is 9.21 Å². The lowest BCUT2D eigenvalue weighted by Crippen LogP contribution is -2.37. The Hall–Kier alpha value is -3.11. The minimum Gasteiger partial charge on any atom is -0.496 e. The maximum atomic E-state index is 13.6. The molecule has 0 unspecified atom stereocenters. The maximum Gasteiger partial charge on any atom is 0.243 e. The summed E-state index contributed by atoms with van der Waals surface area (Å²) < 4.78 is 57.6. The van der Waals surface area contributed by atoms with E-state index in [0.717, 1.165) is 11.1 Å². The fraction of sp³-hybridized carbons (Fsp3) is 0.348. The van der Waals surface area contributed by atoms with Crippen LogP contribution in [0.25, 0.3) is 0 Å². The average molecular weight is 475 g/mol. The van der Waals surface area contributed by atoms with Crippen LogP contribution in [0.2, 0.25) is 0 Å². The third kappa shape index (κ3) is 4.04. The van der Waals surface area contributed by atoms with Crippen LogP contribution in [0, 0.1) is 5.82 Å². The summed E-state index contributed by atoms with van der Waals surface area (Å²) in [5.41, 5.74) is 2.34. The fourth-order valence-corrected chi connectivity index (χ4v) is 5.83. The molecular formula is C23H23FN2O6S. The van der Waals surface area contributed by atoms with Gasteiger partial charge in [0.2, 0.25) is 15.9 Å². The number of amides is 1. The first-order valence-electron chi connectivity index (χ1n) is 10.5. The number of ether oxygens (including phenoxy) is 3. The second-order valence-corrected chi connectivity index (χ2v) is 10.1. The maximum absolute atomic E-state index is 13.6. The molecule has 0 N–H and O–H groups in total. The lowest BCUT2D eigenvalue weighted by molar-refractivity contribution is -0.129. The van der Waals surface area contributed by atoms with Gasteiger partial charge >= 0.3 is 0 Å². The van der Waals surface area contributed by atoms with Gasteiger partial charge in [-0.1, -0.05) is 0 Å². The molecule has 3 aliphatic heterocycles. The Bertz CT molecular complexity index is 1240. The van der Waals surface area contributed by atoms with Gasteiger partial charge in [0.15, 0.2) is 11.5 Å². The molecule has 3 heterocycles. The van der Waals surface area contributed by atoms with Gasteiger partial charge < -0.3 is 19.1 Å². The van der Waals surface area contributed by atoms with Crippen molar-refractivity contribution < 1.29 is 31.8 Å². The highest BCUT2D eigenvalue weighted by Crippen LogP contribution is 2.35. The standard InChI is InChI=1S/C23H23FN2O6S/c1-30-20-4-2-18(24)8-15(20)9-23(27)25-11-16-13-26(14-17(16)12-25)33(28,29)19-3-5-21-22(10-19)32-7-6-31-21/h2-5,8,10H,6-7,9,11-14H2,1H3. The highest BCUT2D eigenvalue weighted by molar-refractivity contribution is 7.89. The van der Waals surface area contributed by atoms with Crippen LogP contribution in [0.5, 0.6) is 17.2 Å². The van der Waals surface area contributed by atoms with Crippen molar-refractivity contribution in [3.63, 3.8) is 0 Å². The van der Waals surface area contributed by atoms with E-state index in [1.165, 1.54) is 41.7 Å². The number of benzene rings is 2. The van der Waals surface area contributed by atoms with Crippen LogP contribution in [0.4, 0.5) is 4.39 Å². The minimum absolute atomic E-state index is 0.0146. The Morgan fingerprint density at radius 3 is 2.39 bits per heavy atom. The zero-order valence-corrected chi connectivity index (χ0v) is 18.9. The molecule has 8 nitrogen and oxygen atoms in total. The molecular weight excluding hydrogens is 451 g/mol. The van der Waals surface area contributed by atoms with Crippen LogP contribution in [0.15, 0.2) is 52.4 Å². The van der Waals surface area contributed by atoms with Crippen LogP contribution in [0.1, 0.15) is 5.56 Å². The summed E-state index contributed by atoms with van der Waals surface area (Å²) in [7, 11) is -2.24. The van der Waals surface area contributed by atoms with E-state index in [9.17, 15) is 17.6 Å². The quantitative estimate of drug-likeness (QED) is 0.617.